The third kappa shape index (κ3) is 1.69. The molecule has 1 heteroatoms. The molecule has 76 valence electrons. The molecule has 0 bridgehead atoms. The first-order valence-electron chi connectivity index (χ1n) is 5.55. The average Bonchev–Trinajstić information content (AvgIpc) is 2.94. The Morgan fingerprint density at radius 1 is 1.36 bits per heavy atom. The van der Waals surface area contributed by atoms with Crippen molar-refractivity contribution in [2.45, 2.75) is 26.2 Å². The minimum Gasteiger partial charge on any atom is -0.330 e. The van der Waals surface area contributed by atoms with Gasteiger partial charge in [-0.05, 0) is 42.7 Å². The lowest BCUT2D eigenvalue weighted by Crippen LogP contribution is -2.13. The molecule has 1 aromatic carbocycles. The van der Waals surface area contributed by atoms with Crippen LogP contribution in [0.3, 0.4) is 0 Å². The highest BCUT2D eigenvalue weighted by Gasteiger charge is 2.50. The van der Waals surface area contributed by atoms with Crippen molar-refractivity contribution in [3.63, 3.8) is 0 Å². The first-order valence-corrected chi connectivity index (χ1v) is 5.55. The van der Waals surface area contributed by atoms with Crippen LogP contribution in [0, 0.1) is 11.3 Å². The Balaban J connectivity index is 2.04. The summed E-state index contributed by atoms with van der Waals surface area (Å²) < 4.78 is 0. The van der Waals surface area contributed by atoms with Crippen LogP contribution in [0.15, 0.2) is 30.3 Å². The lowest BCUT2D eigenvalue weighted by Gasteiger charge is -2.14. The number of nitrogens with two attached hydrogens (primary N) is 1. The Kier molecular flexibility index (Phi) is 2.60. The molecule has 14 heavy (non-hydrogen) atoms. The molecule has 1 fully saturated rings. The fourth-order valence-electron chi connectivity index (χ4n) is 2.54. The summed E-state index contributed by atoms with van der Waals surface area (Å²) in [5.41, 5.74) is 7.74. The molecule has 0 heterocycles. The minimum atomic E-state index is 0.538. The van der Waals surface area contributed by atoms with Crippen molar-refractivity contribution in [1.29, 1.82) is 0 Å². The van der Waals surface area contributed by atoms with Crippen molar-refractivity contribution in [2.24, 2.45) is 17.1 Å². The summed E-state index contributed by atoms with van der Waals surface area (Å²) >= 11 is 0. The molecule has 0 saturated heterocycles. The van der Waals surface area contributed by atoms with Crippen molar-refractivity contribution in [1.82, 2.24) is 0 Å². The zero-order chi connectivity index (χ0) is 10.0. The van der Waals surface area contributed by atoms with Gasteiger partial charge in [0.25, 0.3) is 0 Å². The zero-order valence-corrected chi connectivity index (χ0v) is 8.87. The third-order valence-electron chi connectivity index (χ3n) is 3.75. The van der Waals surface area contributed by atoms with Gasteiger partial charge in [-0.1, -0.05) is 37.3 Å². The van der Waals surface area contributed by atoms with Crippen LogP contribution < -0.4 is 5.73 Å². The largest absolute Gasteiger partial charge is 0.330 e. The minimum absolute atomic E-state index is 0.538. The van der Waals surface area contributed by atoms with Gasteiger partial charge in [0, 0.05) is 0 Å². The van der Waals surface area contributed by atoms with Gasteiger partial charge in [-0.3, -0.25) is 0 Å². The molecule has 1 aromatic rings. The quantitative estimate of drug-likeness (QED) is 0.774. The molecule has 0 aliphatic heterocycles. The number of benzene rings is 1. The highest BCUT2D eigenvalue weighted by Crippen LogP contribution is 2.56. The van der Waals surface area contributed by atoms with E-state index in [-0.39, 0.29) is 0 Å². The standard InChI is InChI=1S/C13H19N/c1-2-13(9-12(13)10-14)8-11-6-4-3-5-7-11/h3-7,12H,2,8-10,14H2,1H3. The van der Waals surface area contributed by atoms with Gasteiger partial charge in [0.2, 0.25) is 0 Å². The lowest BCUT2D eigenvalue weighted by molar-refractivity contribution is 0.437. The fraction of sp³-hybridized carbons (Fsp3) is 0.538. The maximum absolute atomic E-state index is 5.74. The topological polar surface area (TPSA) is 26.0 Å². The van der Waals surface area contributed by atoms with Gasteiger partial charge in [-0.15, -0.1) is 0 Å². The van der Waals surface area contributed by atoms with Crippen molar-refractivity contribution < 1.29 is 0 Å². The second-order valence-corrected chi connectivity index (χ2v) is 4.52. The molecular formula is C13H19N. The Hall–Kier alpha value is -0.820. The molecule has 2 rings (SSSR count). The van der Waals surface area contributed by atoms with Crippen LogP contribution in [0.1, 0.15) is 25.3 Å². The van der Waals surface area contributed by atoms with E-state index in [0.29, 0.717) is 5.41 Å². The molecule has 0 amide bonds. The Morgan fingerprint density at radius 2 is 2.07 bits per heavy atom. The van der Waals surface area contributed by atoms with Gasteiger partial charge < -0.3 is 5.73 Å². The maximum Gasteiger partial charge on any atom is -0.00432 e. The van der Waals surface area contributed by atoms with Crippen molar-refractivity contribution in [2.75, 3.05) is 6.54 Å². The Morgan fingerprint density at radius 3 is 2.57 bits per heavy atom. The Bertz CT molecular complexity index is 293. The van der Waals surface area contributed by atoms with Gasteiger partial charge in [-0.25, -0.2) is 0 Å². The number of hydrogen-bond donors (Lipinski definition) is 1. The average molecular weight is 189 g/mol. The lowest BCUT2D eigenvalue weighted by atomic mass is 9.91. The number of hydrogen-bond acceptors (Lipinski definition) is 1. The second-order valence-electron chi connectivity index (χ2n) is 4.52. The molecule has 1 nitrogen and oxygen atoms in total. The summed E-state index contributed by atoms with van der Waals surface area (Å²) in [7, 11) is 0. The van der Waals surface area contributed by atoms with Crippen molar-refractivity contribution in [3.05, 3.63) is 35.9 Å². The van der Waals surface area contributed by atoms with Crippen molar-refractivity contribution >= 4 is 0 Å². The summed E-state index contributed by atoms with van der Waals surface area (Å²) in [6.07, 6.45) is 3.81. The van der Waals surface area contributed by atoms with E-state index < -0.39 is 0 Å². The maximum atomic E-state index is 5.74. The van der Waals surface area contributed by atoms with E-state index in [4.69, 9.17) is 5.73 Å². The summed E-state index contributed by atoms with van der Waals surface area (Å²) in [6, 6.07) is 10.8. The van der Waals surface area contributed by atoms with E-state index in [0.717, 1.165) is 12.5 Å². The van der Waals surface area contributed by atoms with E-state index in [1.807, 2.05) is 0 Å². The van der Waals surface area contributed by atoms with Gasteiger partial charge in [0.15, 0.2) is 0 Å². The predicted octanol–water partition coefficient (Wildman–Crippen LogP) is 2.60. The van der Waals surface area contributed by atoms with Gasteiger partial charge in [0.1, 0.15) is 0 Å². The van der Waals surface area contributed by atoms with E-state index in [1.54, 1.807) is 0 Å². The van der Waals surface area contributed by atoms with Gasteiger partial charge in [0.05, 0.1) is 0 Å². The molecule has 1 aliphatic carbocycles. The van der Waals surface area contributed by atoms with Crippen LogP contribution in [0.2, 0.25) is 0 Å². The molecule has 0 radical (unpaired) electrons. The first kappa shape index (κ1) is 9.72. The molecule has 2 unspecified atom stereocenters. The third-order valence-corrected chi connectivity index (χ3v) is 3.75. The number of rotatable bonds is 4. The van der Waals surface area contributed by atoms with Crippen molar-refractivity contribution in [3.8, 4) is 0 Å². The van der Waals surface area contributed by atoms with E-state index in [9.17, 15) is 0 Å². The summed E-state index contributed by atoms with van der Waals surface area (Å²) in [5, 5.41) is 0. The van der Waals surface area contributed by atoms with Gasteiger partial charge in [-0.2, -0.15) is 0 Å². The summed E-state index contributed by atoms with van der Waals surface area (Å²) in [4.78, 5) is 0. The van der Waals surface area contributed by atoms with Crippen LogP contribution in [0.4, 0.5) is 0 Å². The highest BCUT2D eigenvalue weighted by atomic mass is 14.7. The highest BCUT2D eigenvalue weighted by molar-refractivity contribution is 5.20. The SMILES string of the molecule is CCC1(Cc2ccccc2)CC1CN. The van der Waals surface area contributed by atoms with Crippen LogP contribution in [0.5, 0.6) is 0 Å². The zero-order valence-electron chi connectivity index (χ0n) is 8.87. The summed E-state index contributed by atoms with van der Waals surface area (Å²) in [6.45, 7) is 3.15. The Labute approximate surface area is 86.3 Å². The predicted molar refractivity (Wildman–Crippen MR) is 60.0 cm³/mol. The van der Waals surface area contributed by atoms with Crippen LogP contribution in [-0.4, -0.2) is 6.54 Å². The van der Waals surface area contributed by atoms with E-state index in [1.165, 1.54) is 24.8 Å². The molecule has 2 atom stereocenters. The van der Waals surface area contributed by atoms with Gasteiger partial charge >= 0.3 is 0 Å². The monoisotopic (exact) mass is 189 g/mol. The molecule has 0 spiro atoms. The fourth-order valence-corrected chi connectivity index (χ4v) is 2.54. The molecular weight excluding hydrogens is 170 g/mol. The molecule has 1 aliphatic rings. The van der Waals surface area contributed by atoms with E-state index >= 15 is 0 Å². The van der Waals surface area contributed by atoms with Crippen LogP contribution in [-0.2, 0) is 6.42 Å². The summed E-state index contributed by atoms with van der Waals surface area (Å²) in [5.74, 6) is 0.771. The second kappa shape index (κ2) is 3.74. The van der Waals surface area contributed by atoms with E-state index in [2.05, 4.69) is 37.3 Å². The van der Waals surface area contributed by atoms with Crippen LogP contribution >= 0.6 is 0 Å². The first-order chi connectivity index (χ1) is 6.80. The molecule has 2 N–H and O–H groups in total. The normalized spacial score (nSPS) is 30.3. The van der Waals surface area contributed by atoms with Crippen LogP contribution in [0.25, 0.3) is 0 Å². The molecule has 0 aromatic heterocycles. The smallest absolute Gasteiger partial charge is 0.00432 e. The molecule has 1 saturated carbocycles.